The highest BCUT2D eigenvalue weighted by Gasteiger charge is 2.44. The SMILES string of the molecule is FC(F)(F)C1CCCCN1c1ccccn1. The molecule has 2 rings (SSSR count). The third kappa shape index (κ3) is 2.28. The van der Waals surface area contributed by atoms with E-state index in [1.165, 1.54) is 11.1 Å². The minimum Gasteiger partial charge on any atom is -0.345 e. The van der Waals surface area contributed by atoms with Gasteiger partial charge in [-0.25, -0.2) is 4.98 Å². The van der Waals surface area contributed by atoms with Gasteiger partial charge in [-0.15, -0.1) is 0 Å². The van der Waals surface area contributed by atoms with Crippen molar-refractivity contribution in [2.24, 2.45) is 0 Å². The van der Waals surface area contributed by atoms with E-state index in [0.717, 1.165) is 6.42 Å². The van der Waals surface area contributed by atoms with E-state index in [0.29, 0.717) is 18.8 Å². The van der Waals surface area contributed by atoms with Crippen LogP contribution < -0.4 is 4.90 Å². The van der Waals surface area contributed by atoms with E-state index in [1.54, 1.807) is 18.2 Å². The minimum absolute atomic E-state index is 0.167. The minimum atomic E-state index is -4.17. The molecule has 88 valence electrons. The lowest BCUT2D eigenvalue weighted by Crippen LogP contribution is -2.49. The predicted octanol–water partition coefficient (Wildman–Crippen LogP) is 3.00. The Morgan fingerprint density at radius 3 is 2.69 bits per heavy atom. The van der Waals surface area contributed by atoms with Crippen LogP contribution in [0.4, 0.5) is 19.0 Å². The summed E-state index contributed by atoms with van der Waals surface area (Å²) in [7, 11) is 0. The molecule has 0 aliphatic carbocycles. The molecule has 5 heteroatoms. The first-order valence-electron chi connectivity index (χ1n) is 5.33. The molecule has 1 unspecified atom stereocenters. The molecule has 0 radical (unpaired) electrons. The van der Waals surface area contributed by atoms with Crippen LogP contribution in [-0.4, -0.2) is 23.7 Å². The maximum atomic E-state index is 12.8. The molecule has 0 N–H and O–H groups in total. The number of pyridine rings is 1. The summed E-state index contributed by atoms with van der Waals surface area (Å²) in [6.07, 6.45) is -1.05. The van der Waals surface area contributed by atoms with Crippen molar-refractivity contribution in [3.63, 3.8) is 0 Å². The topological polar surface area (TPSA) is 16.1 Å². The quantitative estimate of drug-likeness (QED) is 0.737. The van der Waals surface area contributed by atoms with Gasteiger partial charge in [0.05, 0.1) is 0 Å². The number of nitrogens with zero attached hydrogens (tertiary/aromatic N) is 2. The lowest BCUT2D eigenvalue weighted by Gasteiger charge is -2.37. The second-order valence-corrected chi connectivity index (χ2v) is 3.93. The molecule has 1 fully saturated rings. The molecule has 0 bridgehead atoms. The van der Waals surface area contributed by atoms with Gasteiger partial charge in [0.25, 0.3) is 0 Å². The van der Waals surface area contributed by atoms with Gasteiger partial charge in [-0.3, -0.25) is 0 Å². The van der Waals surface area contributed by atoms with Crippen molar-refractivity contribution in [3.8, 4) is 0 Å². The van der Waals surface area contributed by atoms with Crippen molar-refractivity contribution in [2.45, 2.75) is 31.5 Å². The zero-order valence-electron chi connectivity index (χ0n) is 8.74. The number of anilines is 1. The number of piperidine rings is 1. The van der Waals surface area contributed by atoms with Crippen LogP contribution in [0.15, 0.2) is 24.4 Å². The fourth-order valence-electron chi connectivity index (χ4n) is 2.07. The molecule has 1 aromatic rings. The third-order valence-electron chi connectivity index (χ3n) is 2.82. The normalized spacial score (nSPS) is 22.2. The van der Waals surface area contributed by atoms with Crippen molar-refractivity contribution >= 4 is 5.82 Å². The maximum Gasteiger partial charge on any atom is 0.408 e. The van der Waals surface area contributed by atoms with E-state index >= 15 is 0 Å². The maximum absolute atomic E-state index is 12.8. The Morgan fingerprint density at radius 2 is 2.06 bits per heavy atom. The average molecular weight is 230 g/mol. The van der Waals surface area contributed by atoms with Gasteiger partial charge in [-0.1, -0.05) is 6.07 Å². The summed E-state index contributed by atoms with van der Waals surface area (Å²) in [6, 6.07) is 3.67. The van der Waals surface area contributed by atoms with Crippen LogP contribution in [0.5, 0.6) is 0 Å². The van der Waals surface area contributed by atoms with E-state index in [1.807, 2.05) is 0 Å². The van der Waals surface area contributed by atoms with Crippen LogP contribution in [0.1, 0.15) is 19.3 Å². The first kappa shape index (κ1) is 11.2. The number of rotatable bonds is 1. The van der Waals surface area contributed by atoms with Crippen molar-refractivity contribution in [2.75, 3.05) is 11.4 Å². The van der Waals surface area contributed by atoms with E-state index < -0.39 is 12.2 Å². The monoisotopic (exact) mass is 230 g/mol. The van der Waals surface area contributed by atoms with Crippen LogP contribution in [-0.2, 0) is 0 Å². The molecular formula is C11H13F3N2. The van der Waals surface area contributed by atoms with Gasteiger partial charge in [-0.05, 0) is 31.4 Å². The summed E-state index contributed by atoms with van der Waals surface area (Å²) in [4.78, 5) is 5.36. The van der Waals surface area contributed by atoms with Crippen LogP contribution in [0, 0.1) is 0 Å². The summed E-state index contributed by atoms with van der Waals surface area (Å²) in [5.41, 5.74) is 0. The van der Waals surface area contributed by atoms with Gasteiger partial charge in [0.1, 0.15) is 11.9 Å². The van der Waals surface area contributed by atoms with Crippen LogP contribution in [0.2, 0.25) is 0 Å². The largest absolute Gasteiger partial charge is 0.408 e. The van der Waals surface area contributed by atoms with E-state index in [-0.39, 0.29) is 6.42 Å². The predicted molar refractivity (Wildman–Crippen MR) is 55.3 cm³/mol. The zero-order valence-corrected chi connectivity index (χ0v) is 8.74. The summed E-state index contributed by atoms with van der Waals surface area (Å²) in [5, 5.41) is 0. The number of hydrogen-bond acceptors (Lipinski definition) is 2. The lowest BCUT2D eigenvalue weighted by atomic mass is 10.0. The Morgan fingerprint density at radius 1 is 1.25 bits per heavy atom. The standard InChI is InChI=1S/C11H13F3N2/c12-11(13,14)9-5-2-4-8-16(9)10-6-1-3-7-15-10/h1,3,6-7,9H,2,4-5,8H2. The fourth-order valence-corrected chi connectivity index (χ4v) is 2.07. The number of aromatic nitrogens is 1. The average Bonchev–Trinajstić information content (AvgIpc) is 2.29. The molecular weight excluding hydrogens is 217 g/mol. The Kier molecular flexibility index (Phi) is 3.03. The molecule has 1 saturated heterocycles. The Balaban J connectivity index is 2.24. The number of hydrogen-bond donors (Lipinski definition) is 0. The highest BCUT2D eigenvalue weighted by molar-refractivity contribution is 5.40. The number of alkyl halides is 3. The van der Waals surface area contributed by atoms with E-state index in [2.05, 4.69) is 4.98 Å². The second kappa shape index (κ2) is 4.31. The highest BCUT2D eigenvalue weighted by Crippen LogP contribution is 2.33. The molecule has 1 aliphatic rings. The van der Waals surface area contributed by atoms with Gasteiger partial charge < -0.3 is 4.90 Å². The molecule has 0 amide bonds. The first-order chi connectivity index (χ1) is 7.59. The Hall–Kier alpha value is -1.26. The lowest BCUT2D eigenvalue weighted by molar-refractivity contribution is -0.152. The molecule has 2 heterocycles. The molecule has 16 heavy (non-hydrogen) atoms. The Bertz CT molecular complexity index is 337. The molecule has 2 nitrogen and oxygen atoms in total. The summed E-state index contributed by atoms with van der Waals surface area (Å²) in [6.45, 7) is 0.432. The molecule has 0 aromatic carbocycles. The first-order valence-corrected chi connectivity index (χ1v) is 5.33. The molecule has 0 saturated carbocycles. The van der Waals surface area contributed by atoms with Crippen LogP contribution in [0.3, 0.4) is 0 Å². The molecule has 1 aliphatic heterocycles. The van der Waals surface area contributed by atoms with Gasteiger partial charge in [0.2, 0.25) is 0 Å². The zero-order chi connectivity index (χ0) is 11.6. The van der Waals surface area contributed by atoms with Gasteiger partial charge in [0.15, 0.2) is 0 Å². The van der Waals surface area contributed by atoms with Crippen molar-refractivity contribution in [1.29, 1.82) is 0 Å². The number of halogens is 3. The van der Waals surface area contributed by atoms with Crippen LogP contribution >= 0.6 is 0 Å². The molecule has 1 aromatic heterocycles. The Labute approximate surface area is 92.1 Å². The fraction of sp³-hybridized carbons (Fsp3) is 0.545. The summed E-state index contributed by atoms with van der Waals surface area (Å²) in [5.74, 6) is 0.421. The van der Waals surface area contributed by atoms with Crippen LogP contribution in [0.25, 0.3) is 0 Å². The van der Waals surface area contributed by atoms with E-state index in [4.69, 9.17) is 0 Å². The van der Waals surface area contributed by atoms with Gasteiger partial charge >= 0.3 is 6.18 Å². The highest BCUT2D eigenvalue weighted by atomic mass is 19.4. The van der Waals surface area contributed by atoms with Gasteiger partial charge in [-0.2, -0.15) is 13.2 Å². The third-order valence-corrected chi connectivity index (χ3v) is 2.82. The van der Waals surface area contributed by atoms with Crippen molar-refractivity contribution < 1.29 is 13.2 Å². The smallest absolute Gasteiger partial charge is 0.345 e. The van der Waals surface area contributed by atoms with Crippen molar-refractivity contribution in [1.82, 2.24) is 4.98 Å². The molecule has 1 atom stereocenters. The van der Waals surface area contributed by atoms with Gasteiger partial charge in [0, 0.05) is 12.7 Å². The summed E-state index contributed by atoms with van der Waals surface area (Å²) < 4.78 is 38.4. The van der Waals surface area contributed by atoms with Crippen molar-refractivity contribution in [3.05, 3.63) is 24.4 Å². The second-order valence-electron chi connectivity index (χ2n) is 3.93. The molecule has 0 spiro atoms. The summed E-state index contributed by atoms with van der Waals surface area (Å²) >= 11 is 0. The van der Waals surface area contributed by atoms with E-state index in [9.17, 15) is 13.2 Å².